The number of carbonyl (C=O) groups excluding carboxylic acids is 1. The topological polar surface area (TPSA) is 68.0 Å². The molecule has 0 aliphatic heterocycles. The molecule has 2 heterocycles. The van der Waals surface area contributed by atoms with Crippen LogP contribution >= 0.6 is 23.1 Å². The normalized spacial score (nSPS) is 12.1. The summed E-state index contributed by atoms with van der Waals surface area (Å²) in [5.41, 5.74) is 3.08. The second kappa shape index (κ2) is 7.84. The van der Waals surface area contributed by atoms with E-state index in [1.165, 1.54) is 17.3 Å². The van der Waals surface area contributed by atoms with Gasteiger partial charge in [0.15, 0.2) is 0 Å². The summed E-state index contributed by atoms with van der Waals surface area (Å²) in [6, 6.07) is 9.88. The zero-order valence-electron chi connectivity index (χ0n) is 14.3. The Bertz CT molecular complexity index is 859. The first kappa shape index (κ1) is 17.7. The molecule has 0 saturated carbocycles. The summed E-state index contributed by atoms with van der Waals surface area (Å²) in [6.45, 7) is 5.90. The van der Waals surface area contributed by atoms with Gasteiger partial charge in [-0.25, -0.2) is 0 Å². The molecule has 0 fully saturated rings. The van der Waals surface area contributed by atoms with Crippen LogP contribution in [0.4, 0.5) is 5.69 Å². The molecule has 2 aromatic heterocycles. The Balaban J connectivity index is 1.55. The standard InChI is InChI=1S/C18H19N3O2S2/c1-11-6-7-14(12(2)9-11)19-18(22)13(3)25-10-16-20-17(21-23-16)15-5-4-8-24-15/h4-9,13H,10H2,1-3H3,(H,19,22). The van der Waals surface area contributed by atoms with Gasteiger partial charge in [-0.3, -0.25) is 4.79 Å². The molecule has 1 aromatic carbocycles. The number of nitrogens with zero attached hydrogens (tertiary/aromatic N) is 2. The number of benzene rings is 1. The van der Waals surface area contributed by atoms with Crippen LogP contribution in [0, 0.1) is 13.8 Å². The Morgan fingerprint density at radius 1 is 1.36 bits per heavy atom. The maximum atomic E-state index is 12.4. The zero-order valence-corrected chi connectivity index (χ0v) is 15.9. The van der Waals surface area contributed by atoms with Crippen LogP contribution in [0.15, 0.2) is 40.2 Å². The molecule has 25 heavy (non-hydrogen) atoms. The number of thiophene rings is 1. The van der Waals surface area contributed by atoms with Gasteiger partial charge in [0.1, 0.15) is 0 Å². The third-order valence-electron chi connectivity index (χ3n) is 3.68. The second-order valence-corrected chi connectivity index (χ2v) is 8.03. The van der Waals surface area contributed by atoms with Crippen LogP contribution in [0.3, 0.4) is 0 Å². The van der Waals surface area contributed by atoms with E-state index in [9.17, 15) is 4.79 Å². The third kappa shape index (κ3) is 4.49. The van der Waals surface area contributed by atoms with Gasteiger partial charge in [-0.05, 0) is 43.8 Å². The van der Waals surface area contributed by atoms with Gasteiger partial charge in [0, 0.05) is 5.69 Å². The maximum Gasteiger partial charge on any atom is 0.237 e. The van der Waals surface area contributed by atoms with Crippen LogP contribution in [-0.4, -0.2) is 21.3 Å². The van der Waals surface area contributed by atoms with Gasteiger partial charge >= 0.3 is 0 Å². The minimum Gasteiger partial charge on any atom is -0.338 e. The van der Waals surface area contributed by atoms with Gasteiger partial charge in [-0.2, -0.15) is 4.98 Å². The Kier molecular flexibility index (Phi) is 5.55. The average molecular weight is 374 g/mol. The number of aromatic nitrogens is 2. The Morgan fingerprint density at radius 2 is 2.20 bits per heavy atom. The molecule has 130 valence electrons. The summed E-state index contributed by atoms with van der Waals surface area (Å²) >= 11 is 3.04. The Hall–Kier alpha value is -2.12. The highest BCUT2D eigenvalue weighted by atomic mass is 32.2. The number of rotatable bonds is 6. The van der Waals surface area contributed by atoms with Crippen LogP contribution in [0.5, 0.6) is 0 Å². The van der Waals surface area contributed by atoms with Crippen molar-refractivity contribution < 1.29 is 9.32 Å². The summed E-state index contributed by atoms with van der Waals surface area (Å²) in [4.78, 5) is 17.7. The second-order valence-electron chi connectivity index (χ2n) is 5.75. The van der Waals surface area contributed by atoms with Gasteiger partial charge in [0.25, 0.3) is 0 Å². The van der Waals surface area contributed by atoms with Crippen molar-refractivity contribution in [1.82, 2.24) is 10.1 Å². The van der Waals surface area contributed by atoms with Crippen LogP contribution in [0.25, 0.3) is 10.7 Å². The number of hydrogen-bond donors (Lipinski definition) is 1. The number of carbonyl (C=O) groups is 1. The molecule has 0 aliphatic carbocycles. The average Bonchev–Trinajstić information content (AvgIpc) is 3.26. The highest BCUT2D eigenvalue weighted by Gasteiger charge is 2.17. The molecule has 7 heteroatoms. The molecule has 0 aliphatic rings. The van der Waals surface area contributed by atoms with E-state index in [0.717, 1.165) is 16.1 Å². The van der Waals surface area contributed by atoms with Crippen molar-refractivity contribution in [2.75, 3.05) is 5.32 Å². The highest BCUT2D eigenvalue weighted by molar-refractivity contribution is 7.99. The van der Waals surface area contributed by atoms with E-state index in [1.807, 2.05) is 50.4 Å². The smallest absolute Gasteiger partial charge is 0.237 e. The van der Waals surface area contributed by atoms with Gasteiger partial charge < -0.3 is 9.84 Å². The fourth-order valence-electron chi connectivity index (χ4n) is 2.28. The van der Waals surface area contributed by atoms with Crippen molar-refractivity contribution in [2.24, 2.45) is 0 Å². The SMILES string of the molecule is Cc1ccc(NC(=O)C(C)SCc2nc(-c3cccs3)no2)c(C)c1. The lowest BCUT2D eigenvalue weighted by Gasteiger charge is -2.13. The molecular weight excluding hydrogens is 354 g/mol. The van der Waals surface area contributed by atoms with Crippen LogP contribution in [-0.2, 0) is 10.5 Å². The predicted octanol–water partition coefficient (Wildman–Crippen LogP) is 4.68. The van der Waals surface area contributed by atoms with Gasteiger partial charge in [0.05, 0.1) is 15.9 Å². The molecule has 5 nitrogen and oxygen atoms in total. The van der Waals surface area contributed by atoms with Gasteiger partial charge in [-0.15, -0.1) is 23.1 Å². The van der Waals surface area contributed by atoms with Crippen molar-refractivity contribution in [3.8, 4) is 10.7 Å². The fourth-order valence-corrected chi connectivity index (χ4v) is 3.65. The summed E-state index contributed by atoms with van der Waals surface area (Å²) in [7, 11) is 0. The van der Waals surface area contributed by atoms with Crippen LogP contribution in [0.2, 0.25) is 0 Å². The molecular formula is C18H19N3O2S2. The van der Waals surface area contributed by atoms with Crippen LogP contribution in [0.1, 0.15) is 23.9 Å². The van der Waals surface area contributed by atoms with Crippen LogP contribution < -0.4 is 5.32 Å². The predicted molar refractivity (Wildman–Crippen MR) is 103 cm³/mol. The molecule has 1 amide bonds. The lowest BCUT2D eigenvalue weighted by atomic mass is 10.1. The molecule has 1 N–H and O–H groups in total. The Morgan fingerprint density at radius 3 is 2.92 bits per heavy atom. The van der Waals surface area contributed by atoms with Crippen molar-refractivity contribution >= 4 is 34.7 Å². The lowest BCUT2D eigenvalue weighted by Crippen LogP contribution is -2.23. The Labute approximate surface area is 154 Å². The van der Waals surface area contributed by atoms with E-state index >= 15 is 0 Å². The number of nitrogens with one attached hydrogen (secondary N) is 1. The van der Waals surface area contributed by atoms with Gasteiger partial charge in [0.2, 0.25) is 17.6 Å². The molecule has 0 bridgehead atoms. The van der Waals surface area contributed by atoms with Crippen molar-refractivity contribution in [2.45, 2.75) is 31.8 Å². The van der Waals surface area contributed by atoms with Crippen molar-refractivity contribution in [3.05, 3.63) is 52.7 Å². The van der Waals surface area contributed by atoms with E-state index in [-0.39, 0.29) is 11.2 Å². The quantitative estimate of drug-likeness (QED) is 0.680. The number of hydrogen-bond acceptors (Lipinski definition) is 6. The number of anilines is 1. The molecule has 0 spiro atoms. The first-order chi connectivity index (χ1) is 12.0. The first-order valence-electron chi connectivity index (χ1n) is 7.89. The highest BCUT2D eigenvalue weighted by Crippen LogP contribution is 2.24. The molecule has 1 unspecified atom stereocenters. The molecule has 0 radical (unpaired) electrons. The fraction of sp³-hybridized carbons (Fsp3) is 0.278. The summed E-state index contributed by atoms with van der Waals surface area (Å²) in [5, 5.41) is 8.70. The third-order valence-corrected chi connectivity index (χ3v) is 5.67. The van der Waals surface area contributed by atoms with E-state index in [0.29, 0.717) is 17.5 Å². The number of aryl methyl sites for hydroxylation is 2. The molecule has 3 rings (SSSR count). The minimum atomic E-state index is -0.224. The van der Waals surface area contributed by atoms with E-state index in [1.54, 1.807) is 11.3 Å². The minimum absolute atomic E-state index is 0.0325. The lowest BCUT2D eigenvalue weighted by molar-refractivity contribution is -0.115. The summed E-state index contributed by atoms with van der Waals surface area (Å²) < 4.78 is 5.26. The number of amides is 1. The largest absolute Gasteiger partial charge is 0.338 e. The zero-order chi connectivity index (χ0) is 17.8. The first-order valence-corrected chi connectivity index (χ1v) is 9.82. The van der Waals surface area contributed by atoms with Crippen molar-refractivity contribution in [3.63, 3.8) is 0 Å². The summed E-state index contributed by atoms with van der Waals surface area (Å²) in [5.74, 6) is 1.59. The van der Waals surface area contributed by atoms with Crippen molar-refractivity contribution in [1.29, 1.82) is 0 Å². The van der Waals surface area contributed by atoms with E-state index in [4.69, 9.17) is 4.52 Å². The molecule has 0 saturated heterocycles. The molecule has 1 atom stereocenters. The number of thioether (sulfide) groups is 1. The maximum absolute atomic E-state index is 12.4. The van der Waals surface area contributed by atoms with E-state index < -0.39 is 0 Å². The molecule has 3 aromatic rings. The van der Waals surface area contributed by atoms with Gasteiger partial charge in [-0.1, -0.05) is 28.9 Å². The monoisotopic (exact) mass is 373 g/mol. The summed E-state index contributed by atoms with van der Waals surface area (Å²) in [6.07, 6.45) is 0. The van der Waals surface area contributed by atoms with E-state index in [2.05, 4.69) is 21.5 Å².